The Hall–Kier alpha value is -3.51. The van der Waals surface area contributed by atoms with Gasteiger partial charge in [-0.05, 0) is 72.5 Å². The molecule has 2 heterocycles. The predicted molar refractivity (Wildman–Crippen MR) is 124 cm³/mol. The average Bonchev–Trinajstić information content (AvgIpc) is 3.28. The summed E-state index contributed by atoms with van der Waals surface area (Å²) in [5.74, 6) is -1.05. The van der Waals surface area contributed by atoms with E-state index in [9.17, 15) is 30.8 Å². The Bertz CT molecular complexity index is 1510. The Labute approximate surface area is 210 Å². The summed E-state index contributed by atoms with van der Waals surface area (Å²) >= 11 is 0. The molecule has 1 aliphatic carbocycles. The number of methoxy groups -OCH3 is 1. The smallest absolute Gasteiger partial charge is 0.416 e. The van der Waals surface area contributed by atoms with Crippen molar-refractivity contribution in [2.45, 2.75) is 23.9 Å². The number of nitrogens with zero attached hydrogens (tertiary/aromatic N) is 3. The third kappa shape index (κ3) is 4.23. The lowest BCUT2D eigenvalue weighted by molar-refractivity contribution is -0.151. The number of hydrogen-bond donors (Lipinski definition) is 0. The zero-order valence-electron chi connectivity index (χ0n) is 19.5. The molecule has 1 fully saturated rings. The molecule has 2 aromatic carbocycles. The van der Waals surface area contributed by atoms with E-state index in [4.69, 9.17) is 4.74 Å². The molecule has 3 aromatic rings. The topological polar surface area (TPSA) is 81.5 Å². The molecule has 0 N–H and O–H groups in total. The van der Waals surface area contributed by atoms with Gasteiger partial charge in [-0.15, -0.1) is 0 Å². The minimum Gasteiger partial charge on any atom is -0.468 e. The molecule has 1 aliphatic heterocycles. The first-order chi connectivity index (χ1) is 17.5. The quantitative estimate of drug-likeness (QED) is 0.369. The molecule has 0 saturated carbocycles. The number of alkyl halides is 3. The summed E-state index contributed by atoms with van der Waals surface area (Å²) in [6.45, 7) is -0.339. The van der Waals surface area contributed by atoms with Gasteiger partial charge in [0.2, 0.25) is 10.0 Å². The van der Waals surface area contributed by atoms with Gasteiger partial charge in [-0.25, -0.2) is 17.5 Å². The van der Waals surface area contributed by atoms with Crippen LogP contribution in [0, 0.1) is 11.2 Å². The number of aromatic nitrogens is 2. The van der Waals surface area contributed by atoms with Crippen molar-refractivity contribution in [1.82, 2.24) is 14.1 Å². The highest BCUT2D eigenvalue weighted by Gasteiger charge is 2.52. The fourth-order valence-corrected chi connectivity index (χ4v) is 6.50. The van der Waals surface area contributed by atoms with Crippen LogP contribution in [0.1, 0.15) is 23.2 Å². The van der Waals surface area contributed by atoms with Crippen LogP contribution in [0.2, 0.25) is 0 Å². The Kier molecular flexibility index (Phi) is 5.99. The molecule has 1 aromatic heterocycles. The van der Waals surface area contributed by atoms with Crippen LogP contribution in [0.4, 0.5) is 17.6 Å². The predicted octanol–water partition coefficient (Wildman–Crippen LogP) is 4.22. The van der Waals surface area contributed by atoms with Crippen LogP contribution in [0.5, 0.6) is 0 Å². The third-order valence-electron chi connectivity index (χ3n) is 6.83. The number of carbonyl (C=O) groups excluding carboxylic acids is 1. The summed E-state index contributed by atoms with van der Waals surface area (Å²) in [6.07, 6.45) is -1.16. The van der Waals surface area contributed by atoms with Crippen molar-refractivity contribution >= 4 is 22.1 Å². The molecular weight excluding hydrogens is 514 g/mol. The first kappa shape index (κ1) is 25.2. The fraction of sp³-hybridized carbons (Fsp3) is 0.280. The Balaban J connectivity index is 1.53. The summed E-state index contributed by atoms with van der Waals surface area (Å²) in [4.78, 5) is 12.6. The van der Waals surface area contributed by atoms with Crippen LogP contribution < -0.4 is 0 Å². The van der Waals surface area contributed by atoms with Gasteiger partial charge in [0.25, 0.3) is 0 Å². The molecule has 0 amide bonds. The molecule has 5 rings (SSSR count). The summed E-state index contributed by atoms with van der Waals surface area (Å²) < 4.78 is 87.6. The van der Waals surface area contributed by atoms with Crippen LogP contribution in [-0.2, 0) is 32.2 Å². The van der Waals surface area contributed by atoms with Gasteiger partial charge in [-0.2, -0.15) is 22.6 Å². The van der Waals surface area contributed by atoms with Crippen LogP contribution in [0.25, 0.3) is 11.8 Å². The number of hydrogen-bond acceptors (Lipinski definition) is 5. The van der Waals surface area contributed by atoms with E-state index in [-0.39, 0.29) is 25.9 Å². The second kappa shape index (κ2) is 8.80. The molecule has 37 heavy (non-hydrogen) atoms. The molecule has 194 valence electrons. The molecule has 1 saturated heterocycles. The zero-order chi connectivity index (χ0) is 26.6. The average molecular weight is 536 g/mol. The van der Waals surface area contributed by atoms with E-state index >= 15 is 0 Å². The maximum atomic E-state index is 13.4. The number of sulfonamides is 1. The second-order valence-electron chi connectivity index (χ2n) is 8.98. The molecule has 0 radical (unpaired) electrons. The van der Waals surface area contributed by atoms with Crippen LogP contribution in [0.3, 0.4) is 0 Å². The highest BCUT2D eigenvalue weighted by Crippen LogP contribution is 2.46. The van der Waals surface area contributed by atoms with Crippen LogP contribution >= 0.6 is 0 Å². The molecule has 0 unspecified atom stereocenters. The van der Waals surface area contributed by atoms with Crippen LogP contribution in [0.15, 0.2) is 65.2 Å². The van der Waals surface area contributed by atoms with Gasteiger partial charge < -0.3 is 4.74 Å². The van der Waals surface area contributed by atoms with Gasteiger partial charge in [0.15, 0.2) is 0 Å². The molecule has 7 nitrogen and oxygen atoms in total. The number of fused-ring (bicyclic) bond motifs is 2. The summed E-state index contributed by atoms with van der Waals surface area (Å²) in [5.41, 5.74) is 0.114. The third-order valence-corrected chi connectivity index (χ3v) is 8.67. The lowest BCUT2D eigenvalue weighted by Crippen LogP contribution is -2.53. The summed E-state index contributed by atoms with van der Waals surface area (Å²) in [7, 11) is -3.15. The lowest BCUT2D eigenvalue weighted by Gasteiger charge is -2.43. The van der Waals surface area contributed by atoms with Gasteiger partial charge in [-0.1, -0.05) is 6.07 Å². The SMILES string of the molecule is COC(=O)[C@]12Cc3cnn(-c4ccc(F)cc4)c3C=C1CCN(S(=O)(=O)c1cccc(C(F)(F)F)c1)C2. The summed E-state index contributed by atoms with van der Waals surface area (Å²) in [5, 5.41) is 4.38. The molecule has 12 heteroatoms. The second-order valence-corrected chi connectivity index (χ2v) is 10.9. The summed E-state index contributed by atoms with van der Waals surface area (Å²) in [6, 6.07) is 9.26. The highest BCUT2D eigenvalue weighted by molar-refractivity contribution is 7.89. The van der Waals surface area contributed by atoms with Gasteiger partial charge >= 0.3 is 12.1 Å². The number of carbonyl (C=O) groups is 1. The first-order valence-corrected chi connectivity index (χ1v) is 12.7. The minimum absolute atomic E-state index is 0.0385. The van der Waals surface area contributed by atoms with E-state index < -0.39 is 43.9 Å². The number of piperidine rings is 1. The monoisotopic (exact) mass is 535 g/mol. The minimum atomic E-state index is -4.71. The highest BCUT2D eigenvalue weighted by atomic mass is 32.2. The number of esters is 1. The van der Waals surface area contributed by atoms with E-state index in [1.807, 2.05) is 0 Å². The zero-order valence-corrected chi connectivity index (χ0v) is 20.3. The fourth-order valence-electron chi connectivity index (χ4n) is 4.96. The molecule has 1 atom stereocenters. The van der Waals surface area contributed by atoms with Crippen molar-refractivity contribution in [3.63, 3.8) is 0 Å². The molecule has 2 aliphatic rings. The Morgan fingerprint density at radius 2 is 1.86 bits per heavy atom. The van der Waals surface area contributed by atoms with Crippen molar-refractivity contribution in [1.29, 1.82) is 0 Å². The number of rotatable bonds is 4. The standard InChI is InChI=1S/C25H21F4N3O4S/c1-36-23(33)24-13-16-14-30-32(20-7-5-19(26)6-8-20)22(16)12-17(24)9-10-31(15-24)37(34,35)21-4-2-3-18(11-21)25(27,28)29/h2-8,11-12,14H,9-10,13,15H2,1H3/t24-/m0/s1. The maximum Gasteiger partial charge on any atom is 0.416 e. The Morgan fingerprint density at radius 1 is 1.14 bits per heavy atom. The van der Waals surface area contributed by atoms with Gasteiger partial charge in [0.1, 0.15) is 11.2 Å². The van der Waals surface area contributed by atoms with Gasteiger partial charge in [0.05, 0.1) is 35.1 Å². The molecule has 0 bridgehead atoms. The number of halogens is 4. The van der Waals surface area contributed by atoms with Crippen molar-refractivity contribution in [2.75, 3.05) is 20.2 Å². The maximum absolute atomic E-state index is 13.4. The normalized spacial score (nSPS) is 20.1. The van der Waals surface area contributed by atoms with Gasteiger partial charge in [0, 0.05) is 13.1 Å². The van der Waals surface area contributed by atoms with E-state index in [0.717, 1.165) is 22.5 Å². The Morgan fingerprint density at radius 3 is 2.54 bits per heavy atom. The molecule has 0 spiro atoms. The van der Waals surface area contributed by atoms with Crippen molar-refractivity contribution in [3.05, 3.63) is 82.9 Å². The first-order valence-electron chi connectivity index (χ1n) is 11.3. The largest absolute Gasteiger partial charge is 0.468 e. The van der Waals surface area contributed by atoms with Gasteiger partial charge in [-0.3, -0.25) is 4.79 Å². The van der Waals surface area contributed by atoms with E-state index in [1.165, 1.54) is 19.2 Å². The molecular formula is C25H21F4N3O4S. The van der Waals surface area contributed by atoms with Crippen molar-refractivity contribution in [2.24, 2.45) is 5.41 Å². The van der Waals surface area contributed by atoms with E-state index in [1.54, 1.807) is 29.1 Å². The van der Waals surface area contributed by atoms with Crippen LogP contribution in [-0.4, -0.2) is 48.7 Å². The number of benzene rings is 2. The van der Waals surface area contributed by atoms with E-state index in [2.05, 4.69) is 5.10 Å². The van der Waals surface area contributed by atoms with E-state index in [0.29, 0.717) is 28.6 Å². The number of ether oxygens (including phenoxy) is 1. The van der Waals surface area contributed by atoms with Crippen molar-refractivity contribution in [3.8, 4) is 5.69 Å². The van der Waals surface area contributed by atoms with Crippen molar-refractivity contribution < 1.29 is 35.5 Å². The lowest BCUT2D eigenvalue weighted by atomic mass is 9.69.